The molecule has 7 heavy (non-hydrogen) atoms. The van der Waals surface area contributed by atoms with E-state index >= 15 is 0 Å². The first-order chi connectivity index (χ1) is 3.18. The zero-order valence-electron chi connectivity index (χ0n) is 4.89. The van der Waals surface area contributed by atoms with Crippen LogP contribution in [0.3, 0.4) is 0 Å². The summed E-state index contributed by atoms with van der Waals surface area (Å²) in [6, 6.07) is 0.0556. The summed E-state index contributed by atoms with van der Waals surface area (Å²) < 4.78 is 0. The Labute approximate surface area is 45.2 Å². The first-order valence-corrected chi connectivity index (χ1v) is 2.49. The highest BCUT2D eigenvalue weighted by Gasteiger charge is 1.98. The Balaban J connectivity index is 3.33. The van der Waals surface area contributed by atoms with Crippen LogP contribution in [-0.4, -0.2) is 6.04 Å². The van der Waals surface area contributed by atoms with Gasteiger partial charge in [0.15, 0.2) is 0 Å². The van der Waals surface area contributed by atoms with Crippen LogP contribution in [0.15, 0.2) is 6.08 Å². The Morgan fingerprint density at radius 2 is 2.00 bits per heavy atom. The summed E-state index contributed by atoms with van der Waals surface area (Å²) in [6.45, 7) is 9.19. The summed E-state index contributed by atoms with van der Waals surface area (Å²) in [4.78, 5) is 0. The zero-order chi connectivity index (χ0) is 5.86. The lowest BCUT2D eigenvalue weighted by atomic mass is 10.1. The average Bonchev–Trinajstić information content (AvgIpc) is 1.65. The van der Waals surface area contributed by atoms with Crippen molar-refractivity contribution in [2.75, 3.05) is 0 Å². The molecule has 0 aromatic rings. The fourth-order valence-electron chi connectivity index (χ4n) is 0.222. The van der Waals surface area contributed by atoms with Crippen LogP contribution in [0.2, 0.25) is 0 Å². The van der Waals surface area contributed by atoms with Gasteiger partial charge in [-0.25, -0.2) is 0 Å². The SMILES string of the molecule is [CH]=CC(N)C(C)C. The van der Waals surface area contributed by atoms with E-state index in [0.717, 1.165) is 0 Å². The highest BCUT2D eigenvalue weighted by molar-refractivity contribution is 4.81. The molecule has 0 fully saturated rings. The molecule has 1 heteroatoms. The van der Waals surface area contributed by atoms with E-state index in [1.165, 1.54) is 6.08 Å². The predicted molar refractivity (Wildman–Crippen MR) is 31.7 cm³/mol. The van der Waals surface area contributed by atoms with Crippen molar-refractivity contribution in [2.45, 2.75) is 19.9 Å². The van der Waals surface area contributed by atoms with Gasteiger partial charge in [0.25, 0.3) is 0 Å². The lowest BCUT2D eigenvalue weighted by Gasteiger charge is -2.07. The molecule has 0 amide bonds. The minimum atomic E-state index is 0.0556. The topological polar surface area (TPSA) is 26.0 Å². The highest BCUT2D eigenvalue weighted by atomic mass is 14.6. The largest absolute Gasteiger partial charge is 0.324 e. The van der Waals surface area contributed by atoms with E-state index in [9.17, 15) is 0 Å². The van der Waals surface area contributed by atoms with Crippen LogP contribution in [0.25, 0.3) is 0 Å². The van der Waals surface area contributed by atoms with Gasteiger partial charge >= 0.3 is 0 Å². The second kappa shape index (κ2) is 2.80. The van der Waals surface area contributed by atoms with E-state index in [1.54, 1.807) is 0 Å². The average molecular weight is 98.2 g/mol. The molecule has 0 saturated heterocycles. The molecule has 0 aliphatic rings. The van der Waals surface area contributed by atoms with E-state index in [2.05, 4.69) is 0 Å². The smallest absolute Gasteiger partial charge is 0.0250 e. The van der Waals surface area contributed by atoms with Crippen molar-refractivity contribution < 1.29 is 0 Å². The monoisotopic (exact) mass is 98.1 g/mol. The quantitative estimate of drug-likeness (QED) is 0.547. The van der Waals surface area contributed by atoms with E-state index in [4.69, 9.17) is 12.3 Å². The van der Waals surface area contributed by atoms with Crippen molar-refractivity contribution in [3.8, 4) is 0 Å². The molecule has 0 saturated carbocycles. The maximum atomic E-state index is 5.44. The zero-order valence-corrected chi connectivity index (χ0v) is 4.89. The Kier molecular flexibility index (Phi) is 2.68. The summed E-state index contributed by atoms with van der Waals surface area (Å²) in [5, 5.41) is 0. The van der Waals surface area contributed by atoms with Gasteiger partial charge in [0.05, 0.1) is 0 Å². The fraction of sp³-hybridized carbons (Fsp3) is 0.667. The number of rotatable bonds is 2. The molecular weight excluding hydrogens is 86.1 g/mol. The molecule has 0 aliphatic heterocycles. The molecule has 1 nitrogen and oxygen atoms in total. The van der Waals surface area contributed by atoms with Gasteiger partial charge in [-0.15, -0.1) is 0 Å². The third kappa shape index (κ3) is 2.40. The van der Waals surface area contributed by atoms with Gasteiger partial charge in [-0.2, -0.15) is 0 Å². The summed E-state index contributed by atoms with van der Waals surface area (Å²) in [5.74, 6) is 0.463. The van der Waals surface area contributed by atoms with Gasteiger partial charge in [-0.3, -0.25) is 0 Å². The second-order valence-corrected chi connectivity index (χ2v) is 2.01. The number of hydrogen-bond donors (Lipinski definition) is 1. The molecule has 1 unspecified atom stereocenters. The molecule has 0 aliphatic carbocycles. The van der Waals surface area contributed by atoms with Crippen LogP contribution in [0, 0.1) is 12.5 Å². The molecule has 0 aromatic heterocycles. The molecule has 0 heterocycles. The highest BCUT2D eigenvalue weighted by Crippen LogP contribution is 1.96. The van der Waals surface area contributed by atoms with Gasteiger partial charge in [0, 0.05) is 6.04 Å². The fourth-order valence-corrected chi connectivity index (χ4v) is 0.222. The maximum absolute atomic E-state index is 5.44. The van der Waals surface area contributed by atoms with Gasteiger partial charge in [-0.1, -0.05) is 26.5 Å². The molecule has 0 bridgehead atoms. The molecule has 0 spiro atoms. The first kappa shape index (κ1) is 6.70. The van der Waals surface area contributed by atoms with Crippen molar-refractivity contribution in [3.63, 3.8) is 0 Å². The third-order valence-corrected chi connectivity index (χ3v) is 0.992. The normalized spacial score (nSPS) is 14.3. The number of hydrogen-bond acceptors (Lipinski definition) is 1. The van der Waals surface area contributed by atoms with Gasteiger partial charge in [0.2, 0.25) is 0 Å². The van der Waals surface area contributed by atoms with Crippen molar-refractivity contribution in [1.29, 1.82) is 0 Å². The van der Waals surface area contributed by atoms with Crippen molar-refractivity contribution in [1.82, 2.24) is 0 Å². The second-order valence-electron chi connectivity index (χ2n) is 2.01. The third-order valence-electron chi connectivity index (χ3n) is 0.992. The molecule has 0 aromatic carbocycles. The van der Waals surface area contributed by atoms with Crippen LogP contribution in [-0.2, 0) is 0 Å². The lowest BCUT2D eigenvalue weighted by Crippen LogP contribution is -2.22. The van der Waals surface area contributed by atoms with E-state index < -0.39 is 0 Å². The Hall–Kier alpha value is -0.300. The van der Waals surface area contributed by atoms with Crippen molar-refractivity contribution >= 4 is 0 Å². The molecule has 1 radical (unpaired) electrons. The predicted octanol–water partition coefficient (Wildman–Crippen LogP) is 0.959. The molecule has 2 N–H and O–H groups in total. The molecule has 1 atom stereocenters. The Bertz CT molecular complexity index is 57.2. The van der Waals surface area contributed by atoms with E-state index in [0.29, 0.717) is 5.92 Å². The van der Waals surface area contributed by atoms with Gasteiger partial charge in [-0.05, 0) is 5.92 Å². The summed E-state index contributed by atoms with van der Waals surface area (Å²) in [5.41, 5.74) is 5.44. The molecule has 0 rings (SSSR count). The van der Waals surface area contributed by atoms with Crippen LogP contribution < -0.4 is 5.73 Å². The van der Waals surface area contributed by atoms with E-state index in [1.807, 2.05) is 13.8 Å². The van der Waals surface area contributed by atoms with Gasteiger partial charge in [0.1, 0.15) is 0 Å². The summed E-state index contributed by atoms with van der Waals surface area (Å²) in [6.07, 6.45) is 1.52. The Morgan fingerprint density at radius 1 is 1.57 bits per heavy atom. The summed E-state index contributed by atoms with van der Waals surface area (Å²) in [7, 11) is 0. The minimum absolute atomic E-state index is 0.0556. The lowest BCUT2D eigenvalue weighted by molar-refractivity contribution is 0.571. The minimum Gasteiger partial charge on any atom is -0.324 e. The van der Waals surface area contributed by atoms with Crippen molar-refractivity contribution in [3.05, 3.63) is 12.7 Å². The maximum Gasteiger partial charge on any atom is 0.0250 e. The first-order valence-electron chi connectivity index (χ1n) is 2.49. The summed E-state index contributed by atoms with van der Waals surface area (Å²) >= 11 is 0. The van der Waals surface area contributed by atoms with Crippen LogP contribution in [0.5, 0.6) is 0 Å². The van der Waals surface area contributed by atoms with Crippen LogP contribution in [0.4, 0.5) is 0 Å². The Morgan fingerprint density at radius 3 is 2.00 bits per heavy atom. The van der Waals surface area contributed by atoms with Gasteiger partial charge < -0.3 is 5.73 Å². The van der Waals surface area contributed by atoms with Crippen LogP contribution in [0.1, 0.15) is 13.8 Å². The van der Waals surface area contributed by atoms with E-state index in [-0.39, 0.29) is 6.04 Å². The standard InChI is InChI=1S/C6H12N/c1-4-6(7)5(2)3/h1,4-6H,7H2,2-3H3. The molecular formula is C6H12N. The van der Waals surface area contributed by atoms with Crippen LogP contribution >= 0.6 is 0 Å². The van der Waals surface area contributed by atoms with Crippen molar-refractivity contribution in [2.24, 2.45) is 11.7 Å². The number of nitrogens with two attached hydrogens (primary N) is 1. The molecule has 41 valence electrons.